The minimum atomic E-state index is -3.71. The van der Waals surface area contributed by atoms with E-state index in [1.54, 1.807) is 17.0 Å². The number of nitrogens with one attached hydrogen (secondary N) is 1. The van der Waals surface area contributed by atoms with Crippen LogP contribution in [0.2, 0.25) is 0 Å². The Kier molecular flexibility index (Phi) is 7.56. The molecular formula is C26H34N4O5S. The number of hydrogen-bond donors (Lipinski definition) is 1. The first kappa shape index (κ1) is 26.0. The molecule has 9 nitrogen and oxygen atoms in total. The molecule has 2 saturated heterocycles. The van der Waals surface area contributed by atoms with Gasteiger partial charge in [-0.05, 0) is 62.6 Å². The Morgan fingerprint density at radius 3 is 2.31 bits per heavy atom. The summed E-state index contributed by atoms with van der Waals surface area (Å²) in [6.07, 6.45) is 1.47. The van der Waals surface area contributed by atoms with E-state index in [-0.39, 0.29) is 49.1 Å². The van der Waals surface area contributed by atoms with Crippen LogP contribution in [0.3, 0.4) is 0 Å². The molecule has 0 bridgehead atoms. The number of benzene rings is 2. The first-order chi connectivity index (χ1) is 17.2. The number of ether oxygens (including phenoxy) is 1. The van der Waals surface area contributed by atoms with Gasteiger partial charge in [-0.3, -0.25) is 9.59 Å². The lowest BCUT2D eigenvalue weighted by Crippen LogP contribution is -2.57. The lowest BCUT2D eigenvalue weighted by Gasteiger charge is -2.42. The van der Waals surface area contributed by atoms with Crippen LogP contribution in [0.1, 0.15) is 33.1 Å². The molecule has 2 aliphatic heterocycles. The fourth-order valence-electron chi connectivity index (χ4n) is 4.91. The summed E-state index contributed by atoms with van der Waals surface area (Å²) in [7, 11) is -2.18. The molecule has 1 unspecified atom stereocenters. The second-order valence-corrected chi connectivity index (χ2v) is 11.3. The average molecular weight is 515 g/mol. The molecule has 2 amide bonds. The Hall–Kier alpha value is -3.11. The number of methoxy groups -OCH3 is 1. The Morgan fingerprint density at radius 2 is 1.72 bits per heavy atom. The maximum Gasteiger partial charge on any atom is 0.250 e. The summed E-state index contributed by atoms with van der Waals surface area (Å²) in [6, 6.07) is 16.0. The first-order valence-corrected chi connectivity index (χ1v) is 13.7. The van der Waals surface area contributed by atoms with Gasteiger partial charge in [-0.1, -0.05) is 25.1 Å². The van der Waals surface area contributed by atoms with Gasteiger partial charge >= 0.3 is 0 Å². The molecule has 1 spiro atoms. The summed E-state index contributed by atoms with van der Waals surface area (Å²) >= 11 is 0. The van der Waals surface area contributed by atoms with Gasteiger partial charge in [0.05, 0.1) is 18.7 Å². The van der Waals surface area contributed by atoms with E-state index in [4.69, 9.17) is 4.74 Å². The molecule has 10 heteroatoms. The number of anilines is 1. The molecule has 0 aromatic heterocycles. The van der Waals surface area contributed by atoms with Gasteiger partial charge in [0.2, 0.25) is 21.8 Å². The van der Waals surface area contributed by atoms with Crippen molar-refractivity contribution in [1.82, 2.24) is 14.5 Å². The first-order valence-electron chi connectivity index (χ1n) is 12.3. The van der Waals surface area contributed by atoms with E-state index < -0.39 is 15.6 Å². The van der Waals surface area contributed by atoms with Gasteiger partial charge in [-0.2, -0.15) is 4.31 Å². The smallest absolute Gasteiger partial charge is 0.250 e. The van der Waals surface area contributed by atoms with Crippen molar-refractivity contribution in [3.8, 4) is 5.75 Å². The van der Waals surface area contributed by atoms with Crippen molar-refractivity contribution >= 4 is 27.5 Å². The number of amides is 2. The molecule has 1 atom stereocenters. The number of carbonyl (C=O) groups excluding carboxylic acids is 2. The molecular weight excluding hydrogens is 480 g/mol. The van der Waals surface area contributed by atoms with Crippen LogP contribution < -0.4 is 15.0 Å². The van der Waals surface area contributed by atoms with E-state index >= 15 is 0 Å². The SMILES string of the molecule is CCC(C)NC(=O)CN1CN(c2ccccc2)C2(CCN(S(=O)(=O)c3ccc(OC)cc3)CC2)C1=O. The number of sulfonamides is 1. The van der Waals surface area contributed by atoms with Crippen molar-refractivity contribution in [3.63, 3.8) is 0 Å². The summed E-state index contributed by atoms with van der Waals surface area (Å²) in [4.78, 5) is 30.2. The molecule has 2 aromatic carbocycles. The molecule has 194 valence electrons. The highest BCUT2D eigenvalue weighted by Gasteiger charge is 2.55. The standard InChI is InChI=1S/C26H34N4O5S/c1-4-20(2)27-24(31)18-28-19-30(21-8-6-5-7-9-21)26(25(28)32)14-16-29(17-15-26)36(33,34)23-12-10-22(35-3)11-13-23/h5-13,20H,4,14-19H2,1-3H3,(H,27,31). The van der Waals surface area contributed by atoms with Crippen molar-refractivity contribution in [3.05, 3.63) is 54.6 Å². The van der Waals surface area contributed by atoms with E-state index in [1.165, 1.54) is 23.5 Å². The monoisotopic (exact) mass is 514 g/mol. The van der Waals surface area contributed by atoms with E-state index in [0.717, 1.165) is 12.1 Å². The summed E-state index contributed by atoms with van der Waals surface area (Å²) in [5.74, 6) is 0.258. The van der Waals surface area contributed by atoms with Crippen molar-refractivity contribution < 1.29 is 22.7 Å². The molecule has 2 heterocycles. The topological polar surface area (TPSA) is 99.3 Å². The van der Waals surface area contributed by atoms with Gasteiger partial charge in [0.1, 0.15) is 17.8 Å². The van der Waals surface area contributed by atoms with E-state index in [0.29, 0.717) is 18.6 Å². The van der Waals surface area contributed by atoms with Crippen molar-refractivity contribution in [2.75, 3.05) is 38.3 Å². The second-order valence-electron chi connectivity index (χ2n) is 9.40. The van der Waals surface area contributed by atoms with Crippen LogP contribution in [0.4, 0.5) is 5.69 Å². The van der Waals surface area contributed by atoms with Gasteiger partial charge in [-0.25, -0.2) is 8.42 Å². The lowest BCUT2D eigenvalue weighted by molar-refractivity contribution is -0.137. The van der Waals surface area contributed by atoms with Crippen LogP contribution in [-0.2, 0) is 19.6 Å². The van der Waals surface area contributed by atoms with E-state index in [1.807, 2.05) is 49.1 Å². The van der Waals surface area contributed by atoms with Crippen LogP contribution in [0.5, 0.6) is 5.75 Å². The molecule has 0 radical (unpaired) electrons. The lowest BCUT2D eigenvalue weighted by atomic mass is 9.86. The third-order valence-corrected chi connectivity index (χ3v) is 9.10. The van der Waals surface area contributed by atoms with Gasteiger partial charge in [-0.15, -0.1) is 0 Å². The second kappa shape index (κ2) is 10.5. The number of piperidine rings is 1. The van der Waals surface area contributed by atoms with Crippen molar-refractivity contribution in [2.24, 2.45) is 0 Å². The number of hydrogen-bond acceptors (Lipinski definition) is 6. The zero-order chi connectivity index (χ0) is 25.9. The van der Waals surface area contributed by atoms with Crippen molar-refractivity contribution in [2.45, 2.75) is 49.6 Å². The quantitative estimate of drug-likeness (QED) is 0.581. The van der Waals surface area contributed by atoms with Crippen molar-refractivity contribution in [1.29, 1.82) is 0 Å². The van der Waals surface area contributed by atoms with Gasteiger partial charge in [0.25, 0.3) is 0 Å². The normalized spacial score (nSPS) is 18.9. The largest absolute Gasteiger partial charge is 0.497 e. The number of para-hydroxylation sites is 1. The maximum atomic E-state index is 13.8. The van der Waals surface area contributed by atoms with Gasteiger partial charge < -0.3 is 19.9 Å². The van der Waals surface area contributed by atoms with Crippen LogP contribution in [0, 0.1) is 0 Å². The van der Waals surface area contributed by atoms with Crippen LogP contribution >= 0.6 is 0 Å². The molecule has 2 aromatic rings. The fourth-order valence-corrected chi connectivity index (χ4v) is 6.35. The van der Waals surface area contributed by atoms with Crippen LogP contribution in [0.25, 0.3) is 0 Å². The predicted octanol–water partition coefficient (Wildman–Crippen LogP) is 2.44. The third-order valence-electron chi connectivity index (χ3n) is 7.18. The Balaban J connectivity index is 1.56. The highest BCUT2D eigenvalue weighted by Crippen LogP contribution is 2.40. The van der Waals surface area contributed by atoms with Crippen LogP contribution in [-0.4, -0.2) is 74.4 Å². The zero-order valence-electron chi connectivity index (χ0n) is 21.0. The highest BCUT2D eigenvalue weighted by molar-refractivity contribution is 7.89. The summed E-state index contributed by atoms with van der Waals surface area (Å²) in [5.41, 5.74) is -0.0219. The number of carbonyl (C=O) groups is 2. The maximum absolute atomic E-state index is 13.8. The molecule has 36 heavy (non-hydrogen) atoms. The minimum Gasteiger partial charge on any atom is -0.497 e. The summed E-state index contributed by atoms with van der Waals surface area (Å²) in [6.45, 7) is 4.59. The van der Waals surface area contributed by atoms with Gasteiger partial charge in [0, 0.05) is 24.8 Å². The van der Waals surface area contributed by atoms with Crippen LogP contribution in [0.15, 0.2) is 59.5 Å². The number of nitrogens with zero attached hydrogens (tertiary/aromatic N) is 3. The van der Waals surface area contributed by atoms with Gasteiger partial charge in [0.15, 0.2) is 0 Å². The minimum absolute atomic E-state index is 0.0257. The molecule has 0 aliphatic carbocycles. The predicted molar refractivity (Wildman–Crippen MR) is 137 cm³/mol. The molecule has 4 rings (SSSR count). The molecule has 2 fully saturated rings. The third kappa shape index (κ3) is 4.92. The Labute approximate surface area is 213 Å². The summed E-state index contributed by atoms with van der Waals surface area (Å²) < 4.78 is 33.2. The fraction of sp³-hybridized carbons (Fsp3) is 0.462. The number of rotatable bonds is 8. The van der Waals surface area contributed by atoms with E-state index in [9.17, 15) is 18.0 Å². The summed E-state index contributed by atoms with van der Waals surface area (Å²) in [5, 5.41) is 2.93. The Morgan fingerprint density at radius 1 is 1.08 bits per heavy atom. The highest BCUT2D eigenvalue weighted by atomic mass is 32.2. The molecule has 0 saturated carbocycles. The zero-order valence-corrected chi connectivity index (χ0v) is 21.8. The Bertz CT molecular complexity index is 1180. The molecule has 2 aliphatic rings. The average Bonchev–Trinajstić information content (AvgIpc) is 3.15. The van der Waals surface area contributed by atoms with E-state index in [2.05, 4.69) is 5.32 Å². The molecule has 1 N–H and O–H groups in total.